The van der Waals surface area contributed by atoms with Crippen LogP contribution in [-0.2, 0) is 0 Å². The van der Waals surface area contributed by atoms with Crippen LogP contribution >= 0.6 is 0 Å². The number of aryl methyl sites for hydroxylation is 1. The Bertz CT molecular complexity index is 704. The molecule has 0 atom stereocenters. The molecule has 21 heavy (non-hydrogen) atoms. The molecule has 0 spiro atoms. The van der Waals surface area contributed by atoms with Gasteiger partial charge in [-0.1, -0.05) is 29.8 Å². The minimum absolute atomic E-state index is 0.102. The largest absolute Gasteiger partial charge is 0.491 e. The fourth-order valence-corrected chi connectivity index (χ4v) is 2.27. The van der Waals surface area contributed by atoms with Gasteiger partial charge in [0.15, 0.2) is 5.78 Å². The molecule has 0 saturated heterocycles. The average Bonchev–Trinajstić information content (AvgIpc) is 2.69. The van der Waals surface area contributed by atoms with Crippen LogP contribution in [0.4, 0.5) is 0 Å². The van der Waals surface area contributed by atoms with Crippen molar-refractivity contribution >= 4 is 11.7 Å². The molecule has 106 valence electrons. The van der Waals surface area contributed by atoms with E-state index in [1.54, 1.807) is 30.3 Å². The number of nitrogens with one attached hydrogen (secondary N) is 1. The summed E-state index contributed by atoms with van der Waals surface area (Å²) >= 11 is 0. The van der Waals surface area contributed by atoms with Crippen molar-refractivity contribution < 1.29 is 14.3 Å². The number of amides is 1. The maximum atomic E-state index is 12.5. The average molecular weight is 281 g/mol. The minimum Gasteiger partial charge on any atom is -0.491 e. The van der Waals surface area contributed by atoms with Gasteiger partial charge in [0.2, 0.25) is 0 Å². The van der Waals surface area contributed by atoms with E-state index >= 15 is 0 Å². The molecule has 0 saturated carbocycles. The van der Waals surface area contributed by atoms with Gasteiger partial charge in [-0.25, -0.2) is 0 Å². The van der Waals surface area contributed by atoms with Crippen molar-refractivity contribution in [2.75, 3.05) is 13.2 Å². The highest BCUT2D eigenvalue weighted by Crippen LogP contribution is 2.23. The Labute approximate surface area is 122 Å². The van der Waals surface area contributed by atoms with Gasteiger partial charge in [-0.15, -0.1) is 0 Å². The molecule has 1 N–H and O–H groups in total. The lowest BCUT2D eigenvalue weighted by atomic mass is 10.00. The maximum Gasteiger partial charge on any atom is 0.255 e. The number of rotatable bonds is 2. The summed E-state index contributed by atoms with van der Waals surface area (Å²) in [4.78, 5) is 24.4. The Morgan fingerprint density at radius 3 is 2.57 bits per heavy atom. The summed E-state index contributed by atoms with van der Waals surface area (Å²) in [6.07, 6.45) is 0. The molecule has 1 amide bonds. The third-order valence-electron chi connectivity index (χ3n) is 3.45. The lowest BCUT2D eigenvalue weighted by Crippen LogP contribution is -2.24. The highest BCUT2D eigenvalue weighted by atomic mass is 16.5. The zero-order valence-electron chi connectivity index (χ0n) is 11.7. The molecule has 4 heteroatoms. The van der Waals surface area contributed by atoms with E-state index < -0.39 is 0 Å². The molecule has 0 fully saturated rings. The van der Waals surface area contributed by atoms with Crippen molar-refractivity contribution in [2.45, 2.75) is 6.92 Å². The SMILES string of the molecule is Cc1ccc(C(=O)c2ccc3c(c2)C(=O)NCCO3)cc1. The summed E-state index contributed by atoms with van der Waals surface area (Å²) in [5.74, 6) is 0.210. The lowest BCUT2D eigenvalue weighted by molar-refractivity contribution is 0.0957. The second-order valence-electron chi connectivity index (χ2n) is 5.01. The molecule has 1 heterocycles. The Hall–Kier alpha value is -2.62. The molecule has 2 aromatic rings. The number of carbonyl (C=O) groups excluding carboxylic acids is 2. The van der Waals surface area contributed by atoms with Crippen LogP contribution in [-0.4, -0.2) is 24.8 Å². The Morgan fingerprint density at radius 2 is 1.81 bits per heavy atom. The van der Waals surface area contributed by atoms with E-state index in [0.29, 0.717) is 35.6 Å². The number of ether oxygens (including phenoxy) is 1. The zero-order chi connectivity index (χ0) is 14.8. The van der Waals surface area contributed by atoms with E-state index in [9.17, 15) is 9.59 Å². The number of hydrogen-bond donors (Lipinski definition) is 1. The van der Waals surface area contributed by atoms with Gasteiger partial charge in [-0.3, -0.25) is 9.59 Å². The summed E-state index contributed by atoms with van der Waals surface area (Å²) in [6, 6.07) is 12.3. The van der Waals surface area contributed by atoms with Gasteiger partial charge in [0, 0.05) is 11.1 Å². The fraction of sp³-hybridized carbons (Fsp3) is 0.176. The van der Waals surface area contributed by atoms with Crippen molar-refractivity contribution in [3.63, 3.8) is 0 Å². The first-order chi connectivity index (χ1) is 10.1. The normalized spacial score (nSPS) is 13.7. The van der Waals surface area contributed by atoms with Crippen LogP contribution < -0.4 is 10.1 Å². The number of hydrogen-bond acceptors (Lipinski definition) is 3. The number of benzene rings is 2. The summed E-state index contributed by atoms with van der Waals surface area (Å²) in [5, 5.41) is 2.74. The standard InChI is InChI=1S/C17H15NO3/c1-11-2-4-12(5-3-11)16(19)13-6-7-15-14(10-13)17(20)18-8-9-21-15/h2-7,10H,8-9H2,1H3,(H,18,20). The van der Waals surface area contributed by atoms with Crippen molar-refractivity contribution in [3.05, 3.63) is 64.7 Å². The van der Waals surface area contributed by atoms with Gasteiger partial charge in [0.05, 0.1) is 12.1 Å². The predicted molar refractivity (Wildman–Crippen MR) is 78.9 cm³/mol. The first-order valence-corrected chi connectivity index (χ1v) is 6.81. The molecule has 1 aliphatic rings. The smallest absolute Gasteiger partial charge is 0.255 e. The maximum absolute atomic E-state index is 12.5. The van der Waals surface area contributed by atoms with E-state index in [4.69, 9.17) is 4.74 Å². The quantitative estimate of drug-likeness (QED) is 0.860. The summed E-state index contributed by atoms with van der Waals surface area (Å²) in [6.45, 7) is 2.87. The molecule has 4 nitrogen and oxygen atoms in total. The molecule has 0 aliphatic carbocycles. The molecule has 0 unspecified atom stereocenters. The number of fused-ring (bicyclic) bond motifs is 1. The van der Waals surface area contributed by atoms with Gasteiger partial charge in [0.1, 0.15) is 12.4 Å². The van der Waals surface area contributed by atoms with Crippen molar-refractivity contribution in [1.82, 2.24) is 5.32 Å². The van der Waals surface area contributed by atoms with Crippen LogP contribution in [0.5, 0.6) is 5.75 Å². The zero-order valence-corrected chi connectivity index (χ0v) is 11.7. The predicted octanol–water partition coefficient (Wildman–Crippen LogP) is 2.35. The van der Waals surface area contributed by atoms with Gasteiger partial charge in [-0.05, 0) is 25.1 Å². The first-order valence-electron chi connectivity index (χ1n) is 6.81. The van der Waals surface area contributed by atoms with Gasteiger partial charge < -0.3 is 10.1 Å². The Morgan fingerprint density at radius 1 is 1.10 bits per heavy atom. The van der Waals surface area contributed by atoms with Gasteiger partial charge >= 0.3 is 0 Å². The van der Waals surface area contributed by atoms with Crippen LogP contribution in [0.2, 0.25) is 0 Å². The van der Waals surface area contributed by atoms with Crippen LogP contribution in [0.3, 0.4) is 0 Å². The van der Waals surface area contributed by atoms with Crippen molar-refractivity contribution in [1.29, 1.82) is 0 Å². The van der Waals surface area contributed by atoms with Gasteiger partial charge in [0.25, 0.3) is 5.91 Å². The molecular weight excluding hydrogens is 266 g/mol. The summed E-state index contributed by atoms with van der Waals surface area (Å²) < 4.78 is 5.48. The Kier molecular flexibility index (Phi) is 3.44. The van der Waals surface area contributed by atoms with E-state index in [1.165, 1.54) is 0 Å². The lowest BCUT2D eigenvalue weighted by Gasteiger charge is -2.08. The third-order valence-corrected chi connectivity index (χ3v) is 3.45. The van der Waals surface area contributed by atoms with Crippen molar-refractivity contribution in [2.24, 2.45) is 0 Å². The molecule has 0 radical (unpaired) electrons. The van der Waals surface area contributed by atoms with Crippen LogP contribution in [0, 0.1) is 6.92 Å². The first kappa shape index (κ1) is 13.4. The summed E-state index contributed by atoms with van der Waals surface area (Å²) in [7, 11) is 0. The van der Waals surface area contributed by atoms with E-state index in [2.05, 4.69) is 5.32 Å². The minimum atomic E-state index is -0.207. The highest BCUT2D eigenvalue weighted by Gasteiger charge is 2.19. The van der Waals surface area contributed by atoms with E-state index in [1.807, 2.05) is 19.1 Å². The highest BCUT2D eigenvalue weighted by molar-refractivity contribution is 6.10. The monoisotopic (exact) mass is 281 g/mol. The Balaban J connectivity index is 1.98. The van der Waals surface area contributed by atoms with Crippen molar-refractivity contribution in [3.8, 4) is 5.75 Å². The topological polar surface area (TPSA) is 55.4 Å². The number of ketones is 1. The van der Waals surface area contributed by atoms with E-state index in [-0.39, 0.29) is 11.7 Å². The summed E-state index contributed by atoms with van der Waals surface area (Å²) in [5.41, 5.74) is 2.60. The van der Waals surface area contributed by atoms with Crippen LogP contribution in [0.15, 0.2) is 42.5 Å². The fourth-order valence-electron chi connectivity index (χ4n) is 2.27. The number of carbonyl (C=O) groups is 2. The molecule has 0 bridgehead atoms. The molecule has 0 aromatic heterocycles. The second-order valence-corrected chi connectivity index (χ2v) is 5.01. The van der Waals surface area contributed by atoms with Crippen LogP contribution in [0.25, 0.3) is 0 Å². The molecule has 2 aromatic carbocycles. The molecule has 3 rings (SSSR count). The third kappa shape index (κ3) is 2.65. The van der Waals surface area contributed by atoms with E-state index in [0.717, 1.165) is 5.56 Å². The molecular formula is C17H15NO3. The van der Waals surface area contributed by atoms with Gasteiger partial charge in [-0.2, -0.15) is 0 Å². The second kappa shape index (κ2) is 5.40. The molecule has 1 aliphatic heterocycles. The van der Waals surface area contributed by atoms with Crippen LogP contribution in [0.1, 0.15) is 31.8 Å².